The lowest BCUT2D eigenvalue weighted by atomic mass is 9.90. The third-order valence-electron chi connectivity index (χ3n) is 6.91. The predicted octanol–water partition coefficient (Wildman–Crippen LogP) is 7.82. The smallest absolute Gasteiger partial charge is 0.337 e. The molecular formula is C34H45N3O4S. The van der Waals surface area contributed by atoms with Crippen molar-refractivity contribution in [1.82, 2.24) is 9.97 Å². The zero-order valence-corrected chi connectivity index (χ0v) is 26.4. The number of benzene rings is 1. The van der Waals surface area contributed by atoms with E-state index in [1.165, 1.54) is 61.0 Å². The molecule has 226 valence electrons. The van der Waals surface area contributed by atoms with E-state index < -0.39 is 11.6 Å². The Morgan fingerprint density at radius 2 is 1.86 bits per heavy atom. The summed E-state index contributed by atoms with van der Waals surface area (Å²) in [6.07, 6.45) is 14.6. The van der Waals surface area contributed by atoms with Crippen LogP contribution in [0.5, 0.6) is 5.75 Å². The fourth-order valence-electron chi connectivity index (χ4n) is 4.90. The van der Waals surface area contributed by atoms with E-state index in [0.717, 1.165) is 22.0 Å². The van der Waals surface area contributed by atoms with Crippen molar-refractivity contribution in [2.75, 3.05) is 18.0 Å². The van der Waals surface area contributed by atoms with Crippen LogP contribution < -0.4 is 9.64 Å². The number of ether oxygens (including phenoxy) is 1. The van der Waals surface area contributed by atoms with Gasteiger partial charge in [0.25, 0.3) is 0 Å². The van der Waals surface area contributed by atoms with Gasteiger partial charge < -0.3 is 19.8 Å². The molecular weight excluding hydrogens is 546 g/mol. The molecule has 8 heteroatoms. The Morgan fingerprint density at radius 1 is 1.14 bits per heavy atom. The molecule has 0 saturated carbocycles. The van der Waals surface area contributed by atoms with Gasteiger partial charge in [0.05, 0.1) is 23.1 Å². The molecule has 0 amide bonds. The van der Waals surface area contributed by atoms with E-state index in [0.29, 0.717) is 31.2 Å². The minimum atomic E-state index is -1.04. The lowest BCUT2D eigenvalue weighted by Gasteiger charge is -2.32. The van der Waals surface area contributed by atoms with Gasteiger partial charge in [-0.15, -0.1) is 11.3 Å². The lowest BCUT2D eigenvalue weighted by molar-refractivity contribution is 0.0695. The van der Waals surface area contributed by atoms with Crippen LogP contribution in [0.2, 0.25) is 0 Å². The van der Waals surface area contributed by atoms with E-state index in [2.05, 4.69) is 71.2 Å². The van der Waals surface area contributed by atoms with Crippen LogP contribution in [-0.4, -0.2) is 44.8 Å². The molecule has 1 aromatic carbocycles. The molecule has 2 N–H and O–H groups in total. The minimum absolute atomic E-state index is 0.0861. The molecule has 3 aromatic rings. The first-order valence-electron chi connectivity index (χ1n) is 14.7. The van der Waals surface area contributed by atoms with Crippen LogP contribution in [0.3, 0.4) is 0 Å². The summed E-state index contributed by atoms with van der Waals surface area (Å²) in [5, 5.41) is 22.6. The molecule has 0 aliphatic carbocycles. The molecule has 0 saturated heterocycles. The van der Waals surface area contributed by atoms with E-state index in [4.69, 9.17) is 9.84 Å². The Balaban J connectivity index is 1.62. The van der Waals surface area contributed by atoms with E-state index in [-0.39, 0.29) is 12.2 Å². The van der Waals surface area contributed by atoms with Crippen molar-refractivity contribution < 1.29 is 19.7 Å². The molecule has 42 heavy (non-hydrogen) atoms. The number of aromatic carboxylic acids is 1. The third kappa shape index (κ3) is 10.7. The fourth-order valence-corrected chi connectivity index (χ4v) is 5.62. The molecule has 0 unspecified atom stereocenters. The number of aliphatic hydroxyl groups is 1. The number of rotatable bonds is 17. The zero-order chi connectivity index (χ0) is 30.5. The first-order chi connectivity index (χ1) is 20.1. The SMILES string of the molecule is C/C=C(\C=C/Cc1csc(COc2cncc(C(=O)O)c2)n1)CN(CC(C)(C)O)c1ccc(C(CCC)CCC)cc1. The number of nitrogens with zero attached hydrogens (tertiary/aromatic N) is 3. The van der Waals surface area contributed by atoms with Gasteiger partial charge in [0.1, 0.15) is 17.4 Å². The van der Waals surface area contributed by atoms with Gasteiger partial charge >= 0.3 is 5.97 Å². The largest absolute Gasteiger partial charge is 0.485 e. The first-order valence-corrected chi connectivity index (χ1v) is 15.6. The van der Waals surface area contributed by atoms with Crippen molar-refractivity contribution in [3.05, 3.63) is 93.7 Å². The topological polar surface area (TPSA) is 95.8 Å². The second-order valence-electron chi connectivity index (χ2n) is 11.2. The summed E-state index contributed by atoms with van der Waals surface area (Å²) in [5.41, 5.74) is 3.85. The molecule has 0 atom stereocenters. The highest BCUT2D eigenvalue weighted by Gasteiger charge is 2.20. The molecule has 0 bridgehead atoms. The number of hydrogen-bond acceptors (Lipinski definition) is 7. The second kappa shape index (κ2) is 16.2. The van der Waals surface area contributed by atoms with Gasteiger partial charge in [-0.3, -0.25) is 4.98 Å². The Bertz CT molecular complexity index is 1320. The highest BCUT2D eigenvalue weighted by atomic mass is 32.1. The molecule has 0 aliphatic heterocycles. The first kappa shape index (κ1) is 33.0. The van der Waals surface area contributed by atoms with Crippen LogP contribution in [-0.2, 0) is 13.0 Å². The fraction of sp³-hybridized carbons (Fsp3) is 0.441. The van der Waals surface area contributed by atoms with Gasteiger partial charge in [0, 0.05) is 36.8 Å². The zero-order valence-electron chi connectivity index (χ0n) is 25.5. The quantitative estimate of drug-likeness (QED) is 0.155. The highest BCUT2D eigenvalue weighted by molar-refractivity contribution is 7.09. The summed E-state index contributed by atoms with van der Waals surface area (Å²) < 4.78 is 5.70. The summed E-state index contributed by atoms with van der Waals surface area (Å²) >= 11 is 1.51. The molecule has 0 aliphatic rings. The van der Waals surface area contributed by atoms with E-state index >= 15 is 0 Å². The average molecular weight is 592 g/mol. The van der Waals surface area contributed by atoms with Gasteiger partial charge in [-0.1, -0.05) is 57.0 Å². The maximum absolute atomic E-state index is 11.1. The number of thiazole rings is 1. The van der Waals surface area contributed by atoms with Crippen LogP contribution >= 0.6 is 11.3 Å². The van der Waals surface area contributed by atoms with E-state index in [1.54, 1.807) is 0 Å². The van der Waals surface area contributed by atoms with Crippen molar-refractivity contribution in [1.29, 1.82) is 0 Å². The van der Waals surface area contributed by atoms with Crippen molar-refractivity contribution in [3.8, 4) is 5.75 Å². The number of aromatic nitrogens is 2. The summed E-state index contributed by atoms with van der Waals surface area (Å²) in [4.78, 5) is 21.9. The predicted molar refractivity (Wildman–Crippen MR) is 172 cm³/mol. The van der Waals surface area contributed by atoms with E-state index in [9.17, 15) is 9.90 Å². The maximum Gasteiger partial charge on any atom is 0.337 e. The number of carbonyl (C=O) groups is 1. The summed E-state index contributed by atoms with van der Waals surface area (Å²) in [6, 6.07) is 10.4. The van der Waals surface area contributed by atoms with E-state index in [1.807, 2.05) is 26.2 Å². The third-order valence-corrected chi connectivity index (χ3v) is 7.78. The molecule has 3 rings (SSSR count). The number of allylic oxidation sites excluding steroid dienone is 2. The van der Waals surface area contributed by atoms with Gasteiger partial charge in [-0.05, 0) is 68.9 Å². The molecule has 0 fully saturated rings. The summed E-state index contributed by atoms with van der Waals surface area (Å²) in [7, 11) is 0. The standard InChI is InChI=1S/C34H45N3O4S/c1-6-10-26(11-7-2)27-14-16-30(17-15-27)37(24-34(4,5)40)21-25(8-3)12-9-13-29-23-42-32(36-29)22-41-31-18-28(33(38)39)19-35-20-31/h8-9,12,14-20,23,26,40H,6-7,10-11,13,21-22,24H2,1-5H3,(H,38,39)/b12-9-,25-8+. The molecule has 0 radical (unpaired) electrons. The number of carboxylic acid groups (broad SMARTS) is 1. The highest BCUT2D eigenvalue weighted by Crippen LogP contribution is 2.29. The van der Waals surface area contributed by atoms with Crippen molar-refractivity contribution in [2.45, 2.75) is 84.8 Å². The second-order valence-corrected chi connectivity index (χ2v) is 12.2. The normalized spacial score (nSPS) is 12.3. The van der Waals surface area contributed by atoms with Crippen molar-refractivity contribution in [3.63, 3.8) is 0 Å². The Kier molecular flexibility index (Phi) is 12.8. The Labute approximate surface area is 254 Å². The van der Waals surface area contributed by atoms with Crippen LogP contribution in [0, 0.1) is 0 Å². The number of anilines is 1. The molecule has 2 heterocycles. The van der Waals surface area contributed by atoms with Gasteiger partial charge in [-0.2, -0.15) is 0 Å². The number of pyridine rings is 1. The average Bonchev–Trinajstić information content (AvgIpc) is 3.42. The summed E-state index contributed by atoms with van der Waals surface area (Å²) in [5.74, 6) is -0.0409. The molecule has 0 spiro atoms. The maximum atomic E-state index is 11.1. The molecule has 7 nitrogen and oxygen atoms in total. The lowest BCUT2D eigenvalue weighted by Crippen LogP contribution is -2.39. The van der Waals surface area contributed by atoms with Crippen LogP contribution in [0.25, 0.3) is 0 Å². The van der Waals surface area contributed by atoms with Crippen LogP contribution in [0.1, 0.15) is 92.8 Å². The Morgan fingerprint density at radius 3 is 2.48 bits per heavy atom. The molecule has 2 aromatic heterocycles. The van der Waals surface area contributed by atoms with Crippen molar-refractivity contribution in [2.24, 2.45) is 0 Å². The van der Waals surface area contributed by atoms with Gasteiger partial charge in [0.2, 0.25) is 0 Å². The van der Waals surface area contributed by atoms with Crippen molar-refractivity contribution >= 4 is 23.0 Å². The van der Waals surface area contributed by atoms with Crippen LogP contribution in [0.15, 0.2) is 71.9 Å². The van der Waals surface area contributed by atoms with Gasteiger partial charge in [0.15, 0.2) is 0 Å². The monoisotopic (exact) mass is 591 g/mol. The number of hydrogen-bond donors (Lipinski definition) is 2. The van der Waals surface area contributed by atoms with Crippen LogP contribution in [0.4, 0.5) is 5.69 Å². The number of carboxylic acids is 1. The summed E-state index contributed by atoms with van der Waals surface area (Å²) in [6.45, 7) is 11.7. The van der Waals surface area contributed by atoms with Gasteiger partial charge in [-0.25, -0.2) is 9.78 Å². The minimum Gasteiger partial charge on any atom is -0.485 e. The Hall–Kier alpha value is -3.49.